The number of carbonyl (C=O) groups is 2. The molecule has 0 saturated heterocycles. The van der Waals surface area contributed by atoms with Crippen LogP contribution in [0.4, 0.5) is 0 Å². The van der Waals surface area contributed by atoms with Gasteiger partial charge in [0.15, 0.2) is 17.3 Å². The maximum absolute atomic E-state index is 12.3. The molecule has 3 rings (SSSR count). The zero-order valence-corrected chi connectivity index (χ0v) is 15.1. The highest BCUT2D eigenvalue weighted by atomic mass is 79.9. The molecule has 2 heterocycles. The Labute approximate surface area is 147 Å². The highest BCUT2D eigenvalue weighted by Gasteiger charge is 2.22. The number of aromatic amines is 1. The normalized spacial score (nSPS) is 12.3. The summed E-state index contributed by atoms with van der Waals surface area (Å²) >= 11 is 3.43. The van der Waals surface area contributed by atoms with E-state index in [1.807, 2.05) is 0 Å². The van der Waals surface area contributed by atoms with Crippen molar-refractivity contribution >= 4 is 27.7 Å². The number of benzene rings is 1. The van der Waals surface area contributed by atoms with E-state index in [9.17, 15) is 9.59 Å². The van der Waals surface area contributed by atoms with E-state index in [0.29, 0.717) is 34.0 Å². The Morgan fingerprint density at radius 1 is 1.25 bits per heavy atom. The van der Waals surface area contributed by atoms with Crippen molar-refractivity contribution in [3.63, 3.8) is 0 Å². The molecule has 7 heteroatoms. The van der Waals surface area contributed by atoms with Crippen molar-refractivity contribution in [2.45, 2.75) is 27.4 Å². The number of aromatic nitrogens is 1. The van der Waals surface area contributed by atoms with E-state index in [1.165, 1.54) is 6.92 Å². The highest BCUT2D eigenvalue weighted by molar-refractivity contribution is 9.10. The summed E-state index contributed by atoms with van der Waals surface area (Å²) in [5, 5.41) is 0. The smallest absolute Gasteiger partial charge is 0.355 e. The van der Waals surface area contributed by atoms with Crippen LogP contribution >= 0.6 is 15.9 Å². The van der Waals surface area contributed by atoms with Gasteiger partial charge in [0.05, 0.1) is 0 Å². The van der Waals surface area contributed by atoms with Gasteiger partial charge in [-0.1, -0.05) is 15.9 Å². The molecule has 6 nitrogen and oxygen atoms in total. The zero-order chi connectivity index (χ0) is 17.4. The van der Waals surface area contributed by atoms with Crippen LogP contribution in [0.1, 0.15) is 44.6 Å². The molecule has 1 aliphatic rings. The quantitative estimate of drug-likeness (QED) is 0.632. The van der Waals surface area contributed by atoms with Gasteiger partial charge in [-0.25, -0.2) is 4.79 Å². The fourth-order valence-corrected chi connectivity index (χ4v) is 3.20. The van der Waals surface area contributed by atoms with Crippen molar-refractivity contribution in [2.75, 3.05) is 6.79 Å². The Bertz CT molecular complexity index is 840. The first-order valence-corrected chi connectivity index (χ1v) is 8.13. The van der Waals surface area contributed by atoms with Gasteiger partial charge in [-0.05, 0) is 38.5 Å². The molecule has 24 heavy (non-hydrogen) atoms. The Balaban J connectivity index is 1.77. The number of rotatable bonds is 4. The first-order valence-electron chi connectivity index (χ1n) is 7.33. The number of hydrogen-bond acceptors (Lipinski definition) is 5. The van der Waals surface area contributed by atoms with Crippen molar-refractivity contribution in [1.82, 2.24) is 4.98 Å². The SMILES string of the molecule is CC(=O)c1c(C)[nH]c(C(=O)OCc2cc3c(cc2Br)OCO3)c1C. The number of fused-ring (bicyclic) bond motifs is 1. The molecule has 0 saturated carbocycles. The molecule has 1 aromatic heterocycles. The van der Waals surface area contributed by atoms with Gasteiger partial charge >= 0.3 is 5.97 Å². The van der Waals surface area contributed by atoms with Crippen LogP contribution in [0.5, 0.6) is 11.5 Å². The molecule has 0 spiro atoms. The van der Waals surface area contributed by atoms with E-state index in [0.717, 1.165) is 10.0 Å². The first kappa shape index (κ1) is 16.6. The predicted molar refractivity (Wildman–Crippen MR) is 89.7 cm³/mol. The Hall–Kier alpha value is -2.28. The highest BCUT2D eigenvalue weighted by Crippen LogP contribution is 2.37. The largest absolute Gasteiger partial charge is 0.456 e. The molecular formula is C17H16BrNO5. The monoisotopic (exact) mass is 393 g/mol. The lowest BCUT2D eigenvalue weighted by Gasteiger charge is -2.08. The van der Waals surface area contributed by atoms with E-state index in [4.69, 9.17) is 14.2 Å². The molecule has 0 radical (unpaired) electrons. The third kappa shape index (κ3) is 2.91. The summed E-state index contributed by atoms with van der Waals surface area (Å²) in [6.07, 6.45) is 0. The number of Topliss-reactive ketones (excluding diaryl/α,β-unsaturated/α-hetero) is 1. The van der Waals surface area contributed by atoms with E-state index in [2.05, 4.69) is 20.9 Å². The number of aryl methyl sites for hydroxylation is 1. The minimum absolute atomic E-state index is 0.0724. The van der Waals surface area contributed by atoms with Gasteiger partial charge in [0.25, 0.3) is 0 Å². The molecule has 0 unspecified atom stereocenters. The summed E-state index contributed by atoms with van der Waals surface area (Å²) in [5.74, 6) is 0.681. The van der Waals surface area contributed by atoms with Crippen LogP contribution in [0.25, 0.3) is 0 Å². The molecule has 2 aromatic rings. The summed E-state index contributed by atoms with van der Waals surface area (Å²) in [7, 11) is 0. The number of nitrogens with one attached hydrogen (secondary N) is 1. The Kier molecular flexibility index (Phi) is 4.36. The number of halogens is 1. The van der Waals surface area contributed by atoms with E-state index >= 15 is 0 Å². The van der Waals surface area contributed by atoms with Gasteiger partial charge in [0.2, 0.25) is 6.79 Å². The van der Waals surface area contributed by atoms with Crippen LogP contribution in [0.15, 0.2) is 16.6 Å². The molecule has 1 aromatic carbocycles. The molecule has 1 aliphatic heterocycles. The minimum Gasteiger partial charge on any atom is -0.456 e. The lowest BCUT2D eigenvalue weighted by Crippen LogP contribution is -2.08. The van der Waals surface area contributed by atoms with Crippen molar-refractivity contribution < 1.29 is 23.8 Å². The average molecular weight is 394 g/mol. The van der Waals surface area contributed by atoms with E-state index in [1.54, 1.807) is 26.0 Å². The van der Waals surface area contributed by atoms with Crippen LogP contribution in [-0.2, 0) is 11.3 Å². The molecule has 0 amide bonds. The van der Waals surface area contributed by atoms with Gasteiger partial charge < -0.3 is 19.2 Å². The second kappa shape index (κ2) is 6.32. The standard InChI is InChI=1S/C17H16BrNO5/c1-8-15(10(3)20)9(2)19-16(8)17(21)22-6-11-4-13-14(5-12(11)18)24-7-23-13/h4-5,19H,6-7H2,1-3H3. The topological polar surface area (TPSA) is 77.6 Å². The lowest BCUT2D eigenvalue weighted by molar-refractivity contribution is 0.0464. The second-order valence-electron chi connectivity index (χ2n) is 5.55. The summed E-state index contributed by atoms with van der Waals surface area (Å²) in [5.41, 5.74) is 2.87. The molecule has 0 aliphatic carbocycles. The Morgan fingerprint density at radius 2 is 1.92 bits per heavy atom. The second-order valence-corrected chi connectivity index (χ2v) is 6.41. The maximum Gasteiger partial charge on any atom is 0.355 e. The van der Waals surface area contributed by atoms with Crippen molar-refractivity contribution in [3.05, 3.63) is 44.7 Å². The fraction of sp³-hybridized carbons (Fsp3) is 0.294. The minimum atomic E-state index is -0.507. The molecule has 126 valence electrons. The first-order chi connectivity index (χ1) is 11.4. The molecule has 0 atom stereocenters. The van der Waals surface area contributed by atoms with Crippen LogP contribution in [0.2, 0.25) is 0 Å². The number of hydrogen-bond donors (Lipinski definition) is 1. The maximum atomic E-state index is 12.3. The van der Waals surface area contributed by atoms with Gasteiger partial charge in [0, 0.05) is 21.3 Å². The zero-order valence-electron chi connectivity index (χ0n) is 13.5. The van der Waals surface area contributed by atoms with Crippen LogP contribution in [-0.4, -0.2) is 23.5 Å². The number of esters is 1. The Morgan fingerprint density at radius 3 is 2.54 bits per heavy atom. The number of carbonyl (C=O) groups excluding carboxylic acids is 2. The van der Waals surface area contributed by atoms with Crippen LogP contribution in [0, 0.1) is 13.8 Å². The van der Waals surface area contributed by atoms with Gasteiger partial charge in [0.1, 0.15) is 12.3 Å². The van der Waals surface area contributed by atoms with Crippen LogP contribution in [0.3, 0.4) is 0 Å². The summed E-state index contributed by atoms with van der Waals surface area (Å²) in [6, 6.07) is 3.55. The predicted octanol–water partition coefficient (Wildman–Crippen LogP) is 3.68. The average Bonchev–Trinajstić information content (AvgIpc) is 3.07. The lowest BCUT2D eigenvalue weighted by atomic mass is 10.1. The van der Waals surface area contributed by atoms with Gasteiger partial charge in [-0.15, -0.1) is 0 Å². The summed E-state index contributed by atoms with van der Waals surface area (Å²) < 4.78 is 16.8. The number of ether oxygens (including phenoxy) is 3. The molecule has 0 bridgehead atoms. The van der Waals surface area contributed by atoms with E-state index in [-0.39, 0.29) is 19.2 Å². The van der Waals surface area contributed by atoms with Gasteiger partial charge in [-0.3, -0.25) is 4.79 Å². The molecule has 1 N–H and O–H groups in total. The van der Waals surface area contributed by atoms with Gasteiger partial charge in [-0.2, -0.15) is 0 Å². The third-order valence-electron chi connectivity index (χ3n) is 3.89. The third-order valence-corrected chi connectivity index (χ3v) is 4.63. The van der Waals surface area contributed by atoms with Crippen molar-refractivity contribution in [3.8, 4) is 11.5 Å². The molecular weight excluding hydrogens is 378 g/mol. The summed E-state index contributed by atoms with van der Waals surface area (Å²) in [4.78, 5) is 26.9. The van der Waals surface area contributed by atoms with Crippen molar-refractivity contribution in [1.29, 1.82) is 0 Å². The van der Waals surface area contributed by atoms with Crippen molar-refractivity contribution in [2.24, 2.45) is 0 Å². The molecule has 0 fully saturated rings. The van der Waals surface area contributed by atoms with Crippen LogP contribution < -0.4 is 9.47 Å². The number of ketones is 1. The number of H-pyrrole nitrogens is 1. The summed E-state index contributed by atoms with van der Waals surface area (Å²) in [6.45, 7) is 5.22. The van der Waals surface area contributed by atoms with E-state index < -0.39 is 5.97 Å². The fourth-order valence-electron chi connectivity index (χ4n) is 2.77.